The molecule has 0 N–H and O–H groups in total. The summed E-state index contributed by atoms with van der Waals surface area (Å²) in [5.74, 6) is 0.491. The van der Waals surface area contributed by atoms with Crippen LogP contribution in [0.15, 0.2) is 59.5 Å². The average Bonchev–Trinajstić information content (AvgIpc) is 3.42. The number of carbonyl (C=O) groups excluding carboxylic acids is 1. The van der Waals surface area contributed by atoms with Crippen molar-refractivity contribution in [3.8, 4) is 0 Å². The van der Waals surface area contributed by atoms with Crippen LogP contribution in [-0.2, 0) is 13.0 Å². The normalized spacial score (nSPS) is 19.5. The first-order valence-electron chi connectivity index (χ1n) is 11.5. The summed E-state index contributed by atoms with van der Waals surface area (Å²) in [5.41, 5.74) is 5.00. The number of piperidine rings is 1. The second-order valence-electron chi connectivity index (χ2n) is 9.27. The highest BCUT2D eigenvalue weighted by atomic mass is 16.2. The van der Waals surface area contributed by atoms with Gasteiger partial charge in [-0.25, -0.2) is 0 Å². The van der Waals surface area contributed by atoms with E-state index in [-0.39, 0.29) is 17.4 Å². The Morgan fingerprint density at radius 1 is 1.09 bits per heavy atom. The maximum Gasteiger partial charge on any atom is 0.259 e. The van der Waals surface area contributed by atoms with E-state index >= 15 is 0 Å². The number of hydrogen-bond donors (Lipinski definition) is 0. The van der Waals surface area contributed by atoms with Crippen molar-refractivity contribution in [2.45, 2.75) is 52.1 Å². The van der Waals surface area contributed by atoms with Crippen LogP contribution in [0.3, 0.4) is 0 Å². The number of likely N-dealkylation sites (tertiary alicyclic amines) is 1. The predicted molar refractivity (Wildman–Crippen MR) is 125 cm³/mol. The Hall–Kier alpha value is -3.21. The molecule has 164 valence electrons. The second kappa shape index (κ2) is 8.38. The largest absolute Gasteiger partial charge is 0.342 e. The highest BCUT2D eigenvalue weighted by molar-refractivity contribution is 5.96. The molecule has 1 aliphatic carbocycles. The van der Waals surface area contributed by atoms with Crippen LogP contribution in [0.1, 0.15) is 57.8 Å². The summed E-state index contributed by atoms with van der Waals surface area (Å²) in [6, 6.07) is 15.9. The van der Waals surface area contributed by atoms with Gasteiger partial charge in [0, 0.05) is 42.7 Å². The van der Waals surface area contributed by atoms with Crippen LogP contribution in [0.5, 0.6) is 0 Å². The van der Waals surface area contributed by atoms with Gasteiger partial charge in [0.2, 0.25) is 0 Å². The summed E-state index contributed by atoms with van der Waals surface area (Å²) in [7, 11) is 0. The molecule has 2 atom stereocenters. The van der Waals surface area contributed by atoms with E-state index in [4.69, 9.17) is 0 Å². The molecule has 1 saturated carbocycles. The molecule has 1 saturated heterocycles. The number of aromatic nitrogens is 2. The minimum atomic E-state index is -0.170. The number of fused-ring (bicyclic) bond motifs is 2. The van der Waals surface area contributed by atoms with Crippen molar-refractivity contribution in [1.82, 2.24) is 14.5 Å². The lowest BCUT2D eigenvalue weighted by Gasteiger charge is -2.29. The Labute approximate surface area is 188 Å². The van der Waals surface area contributed by atoms with Gasteiger partial charge >= 0.3 is 0 Å². The summed E-state index contributed by atoms with van der Waals surface area (Å²) >= 11 is 0. The molecule has 32 heavy (non-hydrogen) atoms. The molecule has 2 aromatic heterocycles. The standard InChI is InChI=1S/C27H29N3O2/c1-18-7-3-4-8-21(18)15-24-26(27(32)30-16-20-10-11-23(30)14-20)25(31)13-19(2)29(24)17-22-9-5-6-12-28-22/h3-9,12-13,20,23H,10-11,14-17H2,1-2H3/t20-,23+/m0/s1. The molecule has 5 nitrogen and oxygen atoms in total. The lowest BCUT2D eigenvalue weighted by atomic mass is 9.98. The molecule has 1 aromatic carbocycles. The molecule has 3 heterocycles. The summed E-state index contributed by atoms with van der Waals surface area (Å²) in [5, 5.41) is 0. The quantitative estimate of drug-likeness (QED) is 0.615. The van der Waals surface area contributed by atoms with Gasteiger partial charge in [-0.05, 0) is 62.3 Å². The van der Waals surface area contributed by atoms with Crippen molar-refractivity contribution in [3.63, 3.8) is 0 Å². The number of benzene rings is 1. The van der Waals surface area contributed by atoms with E-state index in [1.54, 1.807) is 12.3 Å². The number of carbonyl (C=O) groups is 1. The van der Waals surface area contributed by atoms with Crippen molar-refractivity contribution in [2.24, 2.45) is 5.92 Å². The minimum Gasteiger partial charge on any atom is -0.342 e. The Morgan fingerprint density at radius 3 is 2.59 bits per heavy atom. The molecule has 3 aromatic rings. The fraction of sp³-hybridized carbons (Fsp3) is 0.370. The lowest BCUT2D eigenvalue weighted by Crippen LogP contribution is -2.41. The van der Waals surface area contributed by atoms with Gasteiger partial charge in [0.25, 0.3) is 5.91 Å². The number of nitrogens with zero attached hydrogens (tertiary/aromatic N) is 3. The van der Waals surface area contributed by atoms with Crippen molar-refractivity contribution in [3.05, 3.63) is 98.7 Å². The monoisotopic (exact) mass is 427 g/mol. The number of aryl methyl sites for hydroxylation is 2. The molecule has 2 fully saturated rings. The summed E-state index contributed by atoms with van der Waals surface area (Å²) in [6.45, 7) is 5.33. The first kappa shape index (κ1) is 20.7. The molecule has 5 heteroatoms. The lowest BCUT2D eigenvalue weighted by molar-refractivity contribution is 0.0700. The van der Waals surface area contributed by atoms with Crippen molar-refractivity contribution >= 4 is 5.91 Å². The maximum absolute atomic E-state index is 13.8. The van der Waals surface area contributed by atoms with E-state index in [1.807, 2.05) is 42.2 Å². The molecule has 0 radical (unpaired) electrons. The van der Waals surface area contributed by atoms with E-state index in [9.17, 15) is 9.59 Å². The number of rotatable bonds is 5. The molecule has 1 aliphatic heterocycles. The van der Waals surface area contributed by atoms with E-state index in [2.05, 4.69) is 28.6 Å². The van der Waals surface area contributed by atoms with Gasteiger partial charge in [0.1, 0.15) is 5.56 Å². The van der Waals surface area contributed by atoms with E-state index in [0.29, 0.717) is 24.4 Å². The van der Waals surface area contributed by atoms with Gasteiger partial charge < -0.3 is 9.47 Å². The second-order valence-corrected chi connectivity index (χ2v) is 9.27. The van der Waals surface area contributed by atoms with Gasteiger partial charge in [0.05, 0.1) is 12.2 Å². The molecular formula is C27H29N3O2. The van der Waals surface area contributed by atoms with Crippen molar-refractivity contribution < 1.29 is 4.79 Å². The third-order valence-corrected chi connectivity index (χ3v) is 7.18. The number of amides is 1. The fourth-order valence-electron chi connectivity index (χ4n) is 5.42. The third kappa shape index (κ3) is 3.77. The number of hydrogen-bond acceptors (Lipinski definition) is 3. The van der Waals surface area contributed by atoms with Crippen LogP contribution in [0.25, 0.3) is 0 Å². The van der Waals surface area contributed by atoms with Crippen molar-refractivity contribution in [2.75, 3.05) is 6.54 Å². The summed E-state index contributed by atoms with van der Waals surface area (Å²) < 4.78 is 2.11. The van der Waals surface area contributed by atoms with Gasteiger partial charge in [-0.1, -0.05) is 30.3 Å². The average molecular weight is 428 g/mol. The summed E-state index contributed by atoms with van der Waals surface area (Å²) in [6.07, 6.45) is 5.65. The van der Waals surface area contributed by atoms with Crippen LogP contribution in [0, 0.1) is 19.8 Å². The first-order chi connectivity index (χ1) is 15.5. The Kier molecular flexibility index (Phi) is 5.41. The van der Waals surface area contributed by atoms with Crippen LogP contribution in [0.2, 0.25) is 0 Å². The van der Waals surface area contributed by atoms with Gasteiger partial charge in [-0.15, -0.1) is 0 Å². The Bertz CT molecular complexity index is 1220. The van der Waals surface area contributed by atoms with E-state index in [0.717, 1.165) is 47.6 Å². The highest BCUT2D eigenvalue weighted by Crippen LogP contribution is 2.38. The van der Waals surface area contributed by atoms with Crippen molar-refractivity contribution in [1.29, 1.82) is 0 Å². The molecule has 2 bridgehead atoms. The Morgan fingerprint density at radius 2 is 1.91 bits per heavy atom. The van der Waals surface area contributed by atoms with Crippen LogP contribution in [-0.4, -0.2) is 32.9 Å². The highest BCUT2D eigenvalue weighted by Gasteiger charge is 2.41. The zero-order chi connectivity index (χ0) is 22.2. The molecule has 0 spiro atoms. The van der Waals surface area contributed by atoms with E-state index in [1.165, 1.54) is 6.42 Å². The SMILES string of the molecule is Cc1ccccc1Cc1c(C(=O)N2C[C@H]3CC[C@@H]2C3)c(=O)cc(C)n1Cc1ccccn1. The van der Waals surface area contributed by atoms with Crippen LogP contribution >= 0.6 is 0 Å². The van der Waals surface area contributed by atoms with E-state index < -0.39 is 0 Å². The summed E-state index contributed by atoms with van der Waals surface area (Å²) in [4.78, 5) is 33.5. The van der Waals surface area contributed by atoms with Crippen LogP contribution in [0.4, 0.5) is 0 Å². The third-order valence-electron chi connectivity index (χ3n) is 7.18. The smallest absolute Gasteiger partial charge is 0.259 e. The molecule has 1 amide bonds. The van der Waals surface area contributed by atoms with Gasteiger partial charge in [-0.3, -0.25) is 14.6 Å². The number of pyridine rings is 2. The molecule has 2 aliphatic rings. The molecule has 5 rings (SSSR count). The predicted octanol–water partition coefficient (Wildman–Crippen LogP) is 4.12. The fourth-order valence-corrected chi connectivity index (χ4v) is 5.42. The first-order valence-corrected chi connectivity index (χ1v) is 11.5. The minimum absolute atomic E-state index is 0.0967. The van der Waals surface area contributed by atoms with Gasteiger partial charge in [-0.2, -0.15) is 0 Å². The topological polar surface area (TPSA) is 55.2 Å². The zero-order valence-electron chi connectivity index (χ0n) is 18.8. The maximum atomic E-state index is 13.8. The molecule has 0 unspecified atom stereocenters. The van der Waals surface area contributed by atoms with Gasteiger partial charge in [0.15, 0.2) is 5.43 Å². The molecular weight excluding hydrogens is 398 g/mol. The zero-order valence-corrected chi connectivity index (χ0v) is 18.8. The Balaban J connectivity index is 1.64. The van der Waals surface area contributed by atoms with Crippen LogP contribution < -0.4 is 5.43 Å².